The van der Waals surface area contributed by atoms with E-state index in [-0.39, 0.29) is 6.61 Å². The monoisotopic (exact) mass is 398 g/mol. The highest BCUT2D eigenvalue weighted by Gasteiger charge is 2.50. The summed E-state index contributed by atoms with van der Waals surface area (Å²) >= 11 is 0. The number of aliphatic hydroxyl groups excluding tert-OH is 7. The topological polar surface area (TPSA) is 179 Å². The molecule has 7 N–H and O–H groups in total. The Morgan fingerprint density at radius 3 is 2.04 bits per heavy atom. The number of hydrogen-bond donors (Lipinski definition) is 7. The van der Waals surface area contributed by atoms with E-state index in [9.17, 15) is 35.7 Å². The molecule has 0 aromatic carbocycles. The molecule has 0 bridgehead atoms. The van der Waals surface area contributed by atoms with E-state index in [2.05, 4.69) is 0 Å². The molecule has 0 spiro atoms. The molecule has 10 atom stereocenters. The van der Waals surface area contributed by atoms with Gasteiger partial charge in [0.2, 0.25) is 0 Å². The third kappa shape index (κ3) is 5.14. The summed E-state index contributed by atoms with van der Waals surface area (Å²) in [6.07, 6.45) is -12.6. The van der Waals surface area contributed by atoms with Gasteiger partial charge >= 0.3 is 0 Å². The smallest absolute Gasteiger partial charge is 0.187 e. The first-order valence-electron chi connectivity index (χ1n) is 9.05. The molecule has 2 aliphatic rings. The minimum absolute atomic E-state index is 0.259. The van der Waals surface area contributed by atoms with Gasteiger partial charge in [-0.1, -0.05) is 13.3 Å². The molecule has 2 saturated heterocycles. The van der Waals surface area contributed by atoms with Gasteiger partial charge in [-0.3, -0.25) is 0 Å². The number of ether oxygens (including phenoxy) is 4. The Balaban J connectivity index is 2.10. The van der Waals surface area contributed by atoms with Gasteiger partial charge in [0.05, 0.1) is 13.2 Å². The Hall–Kier alpha value is -0.440. The van der Waals surface area contributed by atoms with Crippen LogP contribution in [0.1, 0.15) is 19.8 Å². The predicted octanol–water partition coefficient (Wildman–Crippen LogP) is -3.57. The van der Waals surface area contributed by atoms with Crippen molar-refractivity contribution in [3.8, 4) is 0 Å². The summed E-state index contributed by atoms with van der Waals surface area (Å²) < 4.78 is 21.5. The largest absolute Gasteiger partial charge is 0.394 e. The van der Waals surface area contributed by atoms with Crippen LogP contribution < -0.4 is 0 Å². The zero-order valence-corrected chi connectivity index (χ0v) is 15.1. The van der Waals surface area contributed by atoms with Crippen molar-refractivity contribution in [1.29, 1.82) is 0 Å². The van der Waals surface area contributed by atoms with Crippen LogP contribution >= 0.6 is 0 Å². The Bertz CT molecular complexity index is 437. The van der Waals surface area contributed by atoms with Crippen molar-refractivity contribution in [3.63, 3.8) is 0 Å². The highest BCUT2D eigenvalue weighted by Crippen LogP contribution is 2.29. The summed E-state index contributed by atoms with van der Waals surface area (Å²) in [7, 11) is 0. The minimum atomic E-state index is -1.68. The maximum Gasteiger partial charge on any atom is 0.187 e. The average molecular weight is 398 g/mol. The van der Waals surface area contributed by atoms with E-state index in [0.717, 1.165) is 6.42 Å². The first-order valence-corrected chi connectivity index (χ1v) is 9.05. The zero-order valence-electron chi connectivity index (χ0n) is 15.1. The van der Waals surface area contributed by atoms with Crippen molar-refractivity contribution in [2.24, 2.45) is 0 Å². The van der Waals surface area contributed by atoms with E-state index < -0.39 is 74.6 Å². The lowest BCUT2D eigenvalue weighted by Gasteiger charge is -2.46. The van der Waals surface area contributed by atoms with Gasteiger partial charge in [0.25, 0.3) is 0 Å². The SMILES string of the molecule is CCCCO[C@@H]1[C@@H](O)[C@H](O[C@H]2O[C@H](CO)[C@@H](O)[C@H](O)[C@H]2O)[C@@H](CO)O[C@H]1O. The molecular formula is C16H30O11. The summed E-state index contributed by atoms with van der Waals surface area (Å²) in [6, 6.07) is 0. The van der Waals surface area contributed by atoms with Crippen molar-refractivity contribution >= 4 is 0 Å². The lowest BCUT2D eigenvalue weighted by atomic mass is 9.97. The maximum atomic E-state index is 10.6. The van der Waals surface area contributed by atoms with E-state index in [1.807, 2.05) is 6.92 Å². The van der Waals surface area contributed by atoms with Gasteiger partial charge in [0.1, 0.15) is 48.8 Å². The molecule has 0 amide bonds. The Labute approximate surface area is 156 Å². The van der Waals surface area contributed by atoms with E-state index in [4.69, 9.17) is 18.9 Å². The number of aliphatic hydroxyl groups is 7. The van der Waals surface area contributed by atoms with Crippen LogP contribution in [0.3, 0.4) is 0 Å². The fraction of sp³-hybridized carbons (Fsp3) is 1.00. The van der Waals surface area contributed by atoms with Crippen molar-refractivity contribution in [1.82, 2.24) is 0 Å². The third-order valence-corrected chi connectivity index (χ3v) is 4.76. The van der Waals surface area contributed by atoms with Crippen LogP contribution in [0, 0.1) is 0 Å². The van der Waals surface area contributed by atoms with Crippen molar-refractivity contribution in [2.75, 3.05) is 19.8 Å². The van der Waals surface area contributed by atoms with Crippen molar-refractivity contribution in [2.45, 2.75) is 81.2 Å². The molecule has 2 heterocycles. The molecule has 0 unspecified atom stereocenters. The molecule has 0 radical (unpaired) electrons. The Morgan fingerprint density at radius 2 is 1.44 bits per heavy atom. The fourth-order valence-corrected chi connectivity index (χ4v) is 3.10. The quantitative estimate of drug-likeness (QED) is 0.201. The normalized spacial score (nSPS) is 45.8. The van der Waals surface area contributed by atoms with E-state index in [0.29, 0.717) is 6.42 Å². The first kappa shape index (κ1) is 22.8. The van der Waals surface area contributed by atoms with Gasteiger partial charge in [-0.25, -0.2) is 0 Å². The van der Waals surface area contributed by atoms with Crippen molar-refractivity contribution < 1.29 is 54.7 Å². The number of unbranched alkanes of at least 4 members (excludes halogenated alkanes) is 1. The summed E-state index contributed by atoms with van der Waals surface area (Å²) in [5.74, 6) is 0. The summed E-state index contributed by atoms with van der Waals surface area (Å²) in [6.45, 7) is 0.951. The standard InChI is InChI=1S/C16H30O11/c1-2-3-4-24-14-12(22)13(8(6-18)25-15(14)23)27-16-11(21)10(20)9(19)7(5-17)26-16/h7-23H,2-6H2,1H3/t7-,8-,9-,10+,11-,12+,13-,14-,15-,16-/m1/s1. The van der Waals surface area contributed by atoms with E-state index >= 15 is 0 Å². The second-order valence-electron chi connectivity index (χ2n) is 6.73. The third-order valence-electron chi connectivity index (χ3n) is 4.76. The maximum absolute atomic E-state index is 10.6. The van der Waals surface area contributed by atoms with Crippen LogP contribution in [0.5, 0.6) is 0 Å². The predicted molar refractivity (Wildman–Crippen MR) is 87.3 cm³/mol. The van der Waals surface area contributed by atoms with Gasteiger partial charge in [-0.2, -0.15) is 0 Å². The fourth-order valence-electron chi connectivity index (χ4n) is 3.10. The van der Waals surface area contributed by atoms with E-state index in [1.165, 1.54) is 0 Å². The van der Waals surface area contributed by atoms with Gasteiger partial charge in [0, 0.05) is 6.61 Å². The van der Waals surface area contributed by atoms with Gasteiger partial charge in [-0.15, -0.1) is 0 Å². The number of hydrogen-bond acceptors (Lipinski definition) is 11. The number of rotatable bonds is 8. The second-order valence-corrected chi connectivity index (χ2v) is 6.73. The molecule has 11 nitrogen and oxygen atoms in total. The zero-order chi connectivity index (χ0) is 20.1. The van der Waals surface area contributed by atoms with Crippen LogP contribution in [0.4, 0.5) is 0 Å². The first-order chi connectivity index (χ1) is 12.8. The second kappa shape index (κ2) is 10.4. The summed E-state index contributed by atoms with van der Waals surface area (Å²) in [4.78, 5) is 0. The van der Waals surface area contributed by atoms with Crippen LogP contribution in [0.2, 0.25) is 0 Å². The molecule has 11 heteroatoms. The van der Waals surface area contributed by atoms with Gasteiger partial charge < -0.3 is 54.7 Å². The highest BCUT2D eigenvalue weighted by atomic mass is 16.7. The average Bonchev–Trinajstić information content (AvgIpc) is 2.66. The summed E-state index contributed by atoms with van der Waals surface area (Å²) in [5, 5.41) is 69.0. The molecule has 0 aliphatic carbocycles. The molecule has 2 fully saturated rings. The molecule has 0 aromatic rings. The minimum Gasteiger partial charge on any atom is -0.394 e. The molecule has 0 saturated carbocycles. The molecule has 27 heavy (non-hydrogen) atoms. The lowest BCUT2D eigenvalue weighted by molar-refractivity contribution is -0.358. The van der Waals surface area contributed by atoms with Crippen LogP contribution in [0.15, 0.2) is 0 Å². The van der Waals surface area contributed by atoms with Gasteiger partial charge in [-0.05, 0) is 6.42 Å². The lowest BCUT2D eigenvalue weighted by Crippen LogP contribution is -2.64. The summed E-state index contributed by atoms with van der Waals surface area (Å²) in [5.41, 5.74) is 0. The molecule has 0 aromatic heterocycles. The van der Waals surface area contributed by atoms with E-state index in [1.54, 1.807) is 0 Å². The Morgan fingerprint density at radius 1 is 0.778 bits per heavy atom. The molecule has 2 rings (SSSR count). The van der Waals surface area contributed by atoms with Crippen LogP contribution in [0.25, 0.3) is 0 Å². The molecule has 160 valence electrons. The van der Waals surface area contributed by atoms with Gasteiger partial charge in [0.15, 0.2) is 12.6 Å². The van der Waals surface area contributed by atoms with Crippen LogP contribution in [-0.4, -0.2) is 117 Å². The van der Waals surface area contributed by atoms with Crippen LogP contribution in [-0.2, 0) is 18.9 Å². The Kier molecular flexibility index (Phi) is 8.77. The molecule has 2 aliphatic heterocycles. The molecular weight excluding hydrogens is 368 g/mol. The van der Waals surface area contributed by atoms with Crippen molar-refractivity contribution in [3.05, 3.63) is 0 Å². The highest BCUT2D eigenvalue weighted by molar-refractivity contribution is 4.94.